The third-order valence-corrected chi connectivity index (χ3v) is 2.76. The number of phenolic OH excluding ortho intramolecular Hbond substituents is 1. The van der Waals surface area contributed by atoms with Crippen LogP contribution in [0.2, 0.25) is 0 Å². The van der Waals surface area contributed by atoms with E-state index in [4.69, 9.17) is 5.26 Å². The van der Waals surface area contributed by atoms with Gasteiger partial charge in [-0.1, -0.05) is 0 Å². The zero-order chi connectivity index (χ0) is 17.4. The molecule has 0 aliphatic heterocycles. The summed E-state index contributed by atoms with van der Waals surface area (Å²) in [6, 6.07) is 2.81. The number of nitrogens with zero attached hydrogens (tertiary/aromatic N) is 3. The van der Waals surface area contributed by atoms with Crippen LogP contribution in [0.25, 0.3) is 11.1 Å². The fraction of sp³-hybridized carbons (Fsp3) is 0.154. The van der Waals surface area contributed by atoms with E-state index in [2.05, 4.69) is 9.97 Å². The standard InChI is InChI=1S/C13H5F6N3O/c14-12(15,16)9-2-6(3-20)1-8(10(9)23)7-4-21-11(22-5-7)13(17,18)19/h1-2,4-5,23H. The van der Waals surface area contributed by atoms with Gasteiger partial charge in [0.1, 0.15) is 5.75 Å². The van der Waals surface area contributed by atoms with Crippen molar-refractivity contribution in [2.75, 3.05) is 0 Å². The highest BCUT2D eigenvalue weighted by Gasteiger charge is 2.36. The minimum absolute atomic E-state index is 0.293. The highest BCUT2D eigenvalue weighted by atomic mass is 19.4. The molecule has 0 aliphatic carbocycles. The lowest BCUT2D eigenvalue weighted by atomic mass is 10.00. The maximum Gasteiger partial charge on any atom is 0.451 e. The second-order valence-corrected chi connectivity index (χ2v) is 4.32. The van der Waals surface area contributed by atoms with Crippen molar-refractivity contribution in [3.63, 3.8) is 0 Å². The molecule has 0 bridgehead atoms. The highest BCUT2D eigenvalue weighted by molar-refractivity contribution is 5.73. The van der Waals surface area contributed by atoms with Crippen molar-refractivity contribution in [2.24, 2.45) is 0 Å². The molecule has 4 nitrogen and oxygen atoms in total. The van der Waals surface area contributed by atoms with E-state index in [1.54, 1.807) is 0 Å². The summed E-state index contributed by atoms with van der Waals surface area (Å²) in [5.74, 6) is -2.70. The number of alkyl halides is 6. The Balaban J connectivity index is 2.62. The fourth-order valence-electron chi connectivity index (χ4n) is 1.75. The average Bonchev–Trinajstić information content (AvgIpc) is 2.45. The summed E-state index contributed by atoms with van der Waals surface area (Å²) in [5.41, 5.74) is -2.69. The van der Waals surface area contributed by atoms with Crippen LogP contribution in [-0.2, 0) is 12.4 Å². The van der Waals surface area contributed by atoms with E-state index in [-0.39, 0.29) is 5.56 Å². The Kier molecular flexibility index (Phi) is 3.90. The zero-order valence-corrected chi connectivity index (χ0v) is 10.9. The molecular formula is C13H5F6N3O. The Morgan fingerprint density at radius 2 is 1.52 bits per heavy atom. The lowest BCUT2D eigenvalue weighted by Gasteiger charge is -2.13. The summed E-state index contributed by atoms with van der Waals surface area (Å²) in [4.78, 5) is 6.01. The van der Waals surface area contributed by atoms with Crippen LogP contribution in [0.4, 0.5) is 26.3 Å². The van der Waals surface area contributed by atoms with Crippen molar-refractivity contribution in [3.8, 4) is 22.9 Å². The van der Waals surface area contributed by atoms with Crippen molar-refractivity contribution in [3.05, 3.63) is 41.5 Å². The third-order valence-electron chi connectivity index (χ3n) is 2.76. The normalized spacial score (nSPS) is 12.0. The predicted molar refractivity (Wildman–Crippen MR) is 63.9 cm³/mol. The molecule has 10 heteroatoms. The first-order valence-electron chi connectivity index (χ1n) is 5.78. The molecule has 2 aromatic rings. The number of phenols is 1. The summed E-state index contributed by atoms with van der Waals surface area (Å²) in [7, 11) is 0. The summed E-state index contributed by atoms with van der Waals surface area (Å²) in [5, 5.41) is 18.5. The predicted octanol–water partition coefficient (Wildman–Crippen LogP) is 3.76. The number of rotatable bonds is 1. The van der Waals surface area contributed by atoms with Crippen LogP contribution in [0.15, 0.2) is 24.5 Å². The van der Waals surface area contributed by atoms with Crippen LogP contribution < -0.4 is 0 Å². The Hall–Kier alpha value is -2.83. The number of aromatic hydroxyl groups is 1. The Morgan fingerprint density at radius 3 is 1.96 bits per heavy atom. The van der Waals surface area contributed by atoms with E-state index < -0.39 is 40.6 Å². The van der Waals surface area contributed by atoms with Crippen molar-refractivity contribution >= 4 is 0 Å². The van der Waals surface area contributed by atoms with Gasteiger partial charge in [0.2, 0.25) is 5.82 Å². The number of benzene rings is 1. The first-order valence-corrected chi connectivity index (χ1v) is 5.78. The summed E-state index contributed by atoms with van der Waals surface area (Å²) >= 11 is 0. The second kappa shape index (κ2) is 5.42. The van der Waals surface area contributed by atoms with Crippen LogP contribution in [0.5, 0.6) is 5.75 Å². The lowest BCUT2D eigenvalue weighted by molar-refractivity contribution is -0.145. The molecule has 0 unspecified atom stereocenters. The van der Waals surface area contributed by atoms with Gasteiger partial charge < -0.3 is 5.11 Å². The summed E-state index contributed by atoms with van der Waals surface area (Å²) < 4.78 is 75.6. The fourth-order valence-corrected chi connectivity index (χ4v) is 1.75. The molecule has 0 fully saturated rings. The maximum atomic E-state index is 12.8. The molecule has 23 heavy (non-hydrogen) atoms. The molecule has 120 valence electrons. The smallest absolute Gasteiger partial charge is 0.451 e. The van der Waals surface area contributed by atoms with Gasteiger partial charge in [-0.05, 0) is 12.1 Å². The maximum absolute atomic E-state index is 12.8. The van der Waals surface area contributed by atoms with Gasteiger partial charge in [0, 0.05) is 23.5 Å². The third kappa shape index (κ3) is 3.33. The molecule has 0 saturated heterocycles. The second-order valence-electron chi connectivity index (χ2n) is 4.32. The van der Waals surface area contributed by atoms with E-state index in [0.29, 0.717) is 18.5 Å². The van der Waals surface area contributed by atoms with Crippen LogP contribution in [0, 0.1) is 11.3 Å². The number of nitriles is 1. The molecule has 0 aliphatic rings. The van der Waals surface area contributed by atoms with Crippen LogP contribution >= 0.6 is 0 Å². The minimum atomic E-state index is -4.95. The van der Waals surface area contributed by atoms with Gasteiger partial charge in [-0.25, -0.2) is 9.97 Å². The highest BCUT2D eigenvalue weighted by Crippen LogP contribution is 2.42. The first kappa shape index (κ1) is 16.5. The van der Waals surface area contributed by atoms with E-state index >= 15 is 0 Å². The molecule has 1 aromatic carbocycles. The van der Waals surface area contributed by atoms with Gasteiger partial charge in [0.05, 0.1) is 17.2 Å². The monoisotopic (exact) mass is 333 g/mol. The molecule has 0 radical (unpaired) electrons. The molecule has 1 heterocycles. The summed E-state index contributed by atoms with van der Waals surface area (Å²) in [6.45, 7) is 0. The van der Waals surface area contributed by atoms with Gasteiger partial charge in [0.25, 0.3) is 0 Å². The van der Waals surface area contributed by atoms with Gasteiger partial charge in [-0.2, -0.15) is 31.6 Å². The van der Waals surface area contributed by atoms with Crippen LogP contribution in [0.1, 0.15) is 17.0 Å². The SMILES string of the molecule is N#Cc1cc(-c2cnc(C(F)(F)F)nc2)c(O)c(C(F)(F)F)c1. The Morgan fingerprint density at radius 1 is 0.957 bits per heavy atom. The molecule has 0 amide bonds. The largest absolute Gasteiger partial charge is 0.507 e. The molecule has 1 N–H and O–H groups in total. The number of hydrogen-bond acceptors (Lipinski definition) is 4. The topological polar surface area (TPSA) is 69.8 Å². The van der Waals surface area contributed by atoms with Crippen molar-refractivity contribution < 1.29 is 31.4 Å². The van der Waals surface area contributed by atoms with Crippen LogP contribution in [-0.4, -0.2) is 15.1 Å². The van der Waals surface area contributed by atoms with E-state index in [1.165, 1.54) is 6.07 Å². The van der Waals surface area contributed by atoms with Crippen LogP contribution in [0.3, 0.4) is 0 Å². The molecule has 2 rings (SSSR count). The molecule has 0 atom stereocenters. The number of halogens is 6. The Labute approximate surface area is 124 Å². The lowest BCUT2D eigenvalue weighted by Crippen LogP contribution is -2.10. The van der Waals surface area contributed by atoms with E-state index in [9.17, 15) is 31.4 Å². The Bertz CT molecular complexity index is 775. The summed E-state index contributed by atoms with van der Waals surface area (Å²) in [6.07, 6.45) is -8.52. The molecule has 0 spiro atoms. The number of aromatic nitrogens is 2. The van der Waals surface area contributed by atoms with Crippen molar-refractivity contribution in [2.45, 2.75) is 12.4 Å². The molecular weight excluding hydrogens is 328 g/mol. The van der Waals surface area contributed by atoms with Crippen molar-refractivity contribution in [1.82, 2.24) is 9.97 Å². The van der Waals surface area contributed by atoms with Gasteiger partial charge in [-0.15, -0.1) is 0 Å². The first-order chi connectivity index (χ1) is 10.5. The number of hydrogen-bond donors (Lipinski definition) is 1. The van der Waals surface area contributed by atoms with Crippen molar-refractivity contribution in [1.29, 1.82) is 5.26 Å². The van der Waals surface area contributed by atoms with E-state index in [1.807, 2.05) is 0 Å². The quantitative estimate of drug-likeness (QED) is 0.807. The van der Waals surface area contributed by atoms with E-state index in [0.717, 1.165) is 6.07 Å². The zero-order valence-electron chi connectivity index (χ0n) is 10.9. The minimum Gasteiger partial charge on any atom is -0.507 e. The van der Waals surface area contributed by atoms with Gasteiger partial charge in [-0.3, -0.25) is 0 Å². The molecule has 1 aromatic heterocycles. The molecule has 0 saturated carbocycles. The van der Waals surface area contributed by atoms with Gasteiger partial charge >= 0.3 is 12.4 Å². The average molecular weight is 333 g/mol. The van der Waals surface area contributed by atoms with Gasteiger partial charge in [0.15, 0.2) is 0 Å².